The molecule has 302 valence electrons. The highest BCUT2D eigenvalue weighted by molar-refractivity contribution is 6.29. The molecule has 64 heavy (non-hydrogen) atoms. The van der Waals surface area contributed by atoms with E-state index in [9.17, 15) is 0 Å². The summed E-state index contributed by atoms with van der Waals surface area (Å²) in [6.45, 7) is 0. The number of benzene rings is 11. The van der Waals surface area contributed by atoms with Crippen molar-refractivity contribution in [1.29, 1.82) is 0 Å². The van der Waals surface area contributed by atoms with Gasteiger partial charge >= 0.3 is 0 Å². The van der Waals surface area contributed by atoms with E-state index in [0.29, 0.717) is 0 Å². The number of hydrogen-bond acceptors (Lipinski definition) is 4. The van der Waals surface area contributed by atoms with Gasteiger partial charge < -0.3 is 19.6 Å². The van der Waals surface area contributed by atoms with Gasteiger partial charge in [0.05, 0.1) is 56.9 Å². The molecule has 0 atom stereocenters. The van der Waals surface area contributed by atoms with Crippen LogP contribution in [0.1, 0.15) is 0 Å². The minimum atomic E-state index is 1.14. The van der Waals surface area contributed by atoms with Crippen molar-refractivity contribution in [3.05, 3.63) is 218 Å². The molecule has 4 nitrogen and oxygen atoms in total. The van der Waals surface area contributed by atoms with Gasteiger partial charge in [0.15, 0.2) is 0 Å². The first-order valence-corrected chi connectivity index (χ1v) is 22.1. The van der Waals surface area contributed by atoms with E-state index in [2.05, 4.69) is 252 Å². The summed E-state index contributed by atoms with van der Waals surface area (Å²) in [5.41, 5.74) is 16.3. The molecule has 0 N–H and O–H groups in total. The Kier molecular flexibility index (Phi) is 8.00. The van der Waals surface area contributed by atoms with Crippen LogP contribution in [-0.4, -0.2) is 14.1 Å². The van der Waals surface area contributed by atoms with Crippen LogP contribution in [-0.2, 0) is 0 Å². The average molecular weight is 819 g/mol. The molecule has 2 aliphatic heterocycles. The highest BCUT2D eigenvalue weighted by Crippen LogP contribution is 2.58. The first-order valence-electron chi connectivity index (χ1n) is 22.1. The average Bonchev–Trinajstić information content (AvgIpc) is 3.35. The number of rotatable bonds is 4. The van der Waals surface area contributed by atoms with Crippen LogP contribution in [0, 0.1) is 0 Å². The van der Waals surface area contributed by atoms with E-state index in [1.807, 2.05) is 0 Å². The maximum Gasteiger partial charge on any atom is 0.0699 e. The Balaban J connectivity index is 1.24. The standard InChI is InChI=1S/C60H42N4/c1-61-47-23-7-11-27-51(47)63(52-28-12-8-24-48(52)61)55-31-15-21-45-58(44-36-34-40-18-4-6-20-42(40)38-44)60-46(57(59(45)55)43-35-33-39-17-3-5-19-41(39)37-43)22-16-32-56(60)64-53-29-13-9-25-49(53)62(2)50-26-10-14-30-54(50)64/h3-38H,1-2H3. The van der Waals surface area contributed by atoms with Crippen molar-refractivity contribution in [2.45, 2.75) is 0 Å². The summed E-state index contributed by atoms with van der Waals surface area (Å²) in [4.78, 5) is 9.66. The molecule has 0 radical (unpaired) electrons. The fraction of sp³-hybridized carbons (Fsp3) is 0.0333. The summed E-state index contributed by atoms with van der Waals surface area (Å²) in [5.74, 6) is 0. The molecule has 0 amide bonds. The predicted octanol–water partition coefficient (Wildman–Crippen LogP) is 16.7. The molecular formula is C60H42N4. The highest BCUT2D eigenvalue weighted by atomic mass is 15.3. The second-order valence-corrected chi connectivity index (χ2v) is 17.0. The van der Waals surface area contributed by atoms with E-state index in [-0.39, 0.29) is 0 Å². The van der Waals surface area contributed by atoms with Crippen molar-refractivity contribution in [2.75, 3.05) is 33.7 Å². The molecule has 13 rings (SSSR count). The Morgan fingerprint density at radius 3 is 0.906 bits per heavy atom. The van der Waals surface area contributed by atoms with Crippen LogP contribution >= 0.6 is 0 Å². The molecule has 11 aromatic rings. The first kappa shape index (κ1) is 36.3. The largest absolute Gasteiger partial charge is 0.341 e. The molecule has 0 spiro atoms. The smallest absolute Gasteiger partial charge is 0.0699 e. The molecular weight excluding hydrogens is 777 g/mol. The Morgan fingerprint density at radius 2 is 0.547 bits per heavy atom. The van der Waals surface area contributed by atoms with Gasteiger partial charge in [-0.25, -0.2) is 0 Å². The van der Waals surface area contributed by atoms with Gasteiger partial charge in [0.2, 0.25) is 0 Å². The fourth-order valence-corrected chi connectivity index (χ4v) is 10.7. The molecule has 0 saturated heterocycles. The topological polar surface area (TPSA) is 13.0 Å². The van der Waals surface area contributed by atoms with Gasteiger partial charge in [0.1, 0.15) is 0 Å². The van der Waals surface area contributed by atoms with Gasteiger partial charge in [-0.2, -0.15) is 0 Å². The van der Waals surface area contributed by atoms with Gasteiger partial charge in [-0.05, 0) is 127 Å². The molecule has 2 aliphatic rings. The number of nitrogens with zero attached hydrogens (tertiary/aromatic N) is 4. The summed E-state index contributed by atoms with van der Waals surface area (Å²) in [5, 5.41) is 9.68. The fourth-order valence-electron chi connectivity index (χ4n) is 10.7. The van der Waals surface area contributed by atoms with E-state index >= 15 is 0 Å². The third kappa shape index (κ3) is 5.29. The first-order chi connectivity index (χ1) is 31.6. The Morgan fingerprint density at radius 1 is 0.250 bits per heavy atom. The lowest BCUT2D eigenvalue weighted by atomic mass is 9.83. The third-order valence-electron chi connectivity index (χ3n) is 13.6. The second-order valence-electron chi connectivity index (χ2n) is 17.0. The zero-order valence-electron chi connectivity index (χ0n) is 35.6. The lowest BCUT2D eigenvalue weighted by Crippen LogP contribution is -2.24. The van der Waals surface area contributed by atoms with Crippen LogP contribution in [0.3, 0.4) is 0 Å². The van der Waals surface area contributed by atoms with E-state index in [4.69, 9.17) is 0 Å². The van der Waals surface area contributed by atoms with Crippen LogP contribution in [0.4, 0.5) is 56.9 Å². The summed E-state index contributed by atoms with van der Waals surface area (Å²) in [6.07, 6.45) is 0. The quantitative estimate of drug-likeness (QED) is 0.164. The van der Waals surface area contributed by atoms with Crippen LogP contribution < -0.4 is 19.6 Å². The monoisotopic (exact) mass is 818 g/mol. The molecule has 0 aromatic heterocycles. The van der Waals surface area contributed by atoms with Crippen LogP contribution in [0.15, 0.2) is 218 Å². The van der Waals surface area contributed by atoms with Crippen LogP contribution in [0.5, 0.6) is 0 Å². The van der Waals surface area contributed by atoms with Crippen molar-refractivity contribution < 1.29 is 0 Å². The maximum absolute atomic E-state index is 2.50. The minimum absolute atomic E-state index is 1.14. The number of fused-ring (bicyclic) bond motifs is 8. The number of para-hydroxylation sites is 8. The van der Waals surface area contributed by atoms with E-state index < -0.39 is 0 Å². The van der Waals surface area contributed by atoms with Crippen molar-refractivity contribution in [3.63, 3.8) is 0 Å². The SMILES string of the molecule is CN1c2ccccc2N(c2cccc3c(-c4ccc5ccccc5c4)c4c(N5c6ccccc6N(C)c6ccccc65)cccc4c(-c4ccc5ccccc5c4)c23)c2ccccc21. The highest BCUT2D eigenvalue weighted by Gasteiger charge is 2.33. The molecule has 2 heterocycles. The van der Waals surface area contributed by atoms with E-state index in [0.717, 1.165) is 56.9 Å². The molecule has 0 unspecified atom stereocenters. The lowest BCUT2D eigenvalue weighted by molar-refractivity contribution is 1.13. The zero-order valence-corrected chi connectivity index (χ0v) is 35.6. The molecule has 4 heteroatoms. The second kappa shape index (κ2) is 14.1. The van der Waals surface area contributed by atoms with Crippen LogP contribution in [0.2, 0.25) is 0 Å². The van der Waals surface area contributed by atoms with Crippen molar-refractivity contribution in [2.24, 2.45) is 0 Å². The van der Waals surface area contributed by atoms with Gasteiger partial charge in [-0.3, -0.25) is 0 Å². The number of anilines is 10. The molecule has 0 fully saturated rings. The molecule has 0 bridgehead atoms. The normalized spacial score (nSPS) is 13.0. The van der Waals surface area contributed by atoms with Crippen molar-refractivity contribution >= 4 is 100.0 Å². The van der Waals surface area contributed by atoms with Gasteiger partial charge in [0.25, 0.3) is 0 Å². The summed E-state index contributed by atoms with van der Waals surface area (Å²) in [6, 6.07) is 80.7. The Labute approximate surface area is 372 Å². The van der Waals surface area contributed by atoms with Gasteiger partial charge in [0, 0.05) is 24.9 Å². The van der Waals surface area contributed by atoms with Gasteiger partial charge in [-0.1, -0.05) is 146 Å². The zero-order chi connectivity index (χ0) is 42.5. The minimum Gasteiger partial charge on any atom is -0.341 e. The Bertz CT molecular complexity index is 3360. The summed E-state index contributed by atoms with van der Waals surface area (Å²) < 4.78 is 0. The van der Waals surface area contributed by atoms with Gasteiger partial charge in [-0.15, -0.1) is 0 Å². The van der Waals surface area contributed by atoms with Crippen LogP contribution in [0.25, 0.3) is 65.3 Å². The Hall–Kier alpha value is -8.34. The van der Waals surface area contributed by atoms with Crippen molar-refractivity contribution in [1.82, 2.24) is 0 Å². The molecule has 0 aliphatic carbocycles. The van der Waals surface area contributed by atoms with Crippen molar-refractivity contribution in [3.8, 4) is 22.3 Å². The predicted molar refractivity (Wildman–Crippen MR) is 273 cm³/mol. The summed E-state index contributed by atoms with van der Waals surface area (Å²) >= 11 is 0. The molecule has 11 aromatic carbocycles. The van der Waals surface area contributed by atoms with E-state index in [1.54, 1.807) is 0 Å². The maximum atomic E-state index is 2.50. The van der Waals surface area contributed by atoms with E-state index in [1.165, 1.54) is 65.3 Å². The summed E-state index contributed by atoms with van der Waals surface area (Å²) in [7, 11) is 4.36. The lowest BCUT2D eigenvalue weighted by Gasteiger charge is -2.40. The molecule has 0 saturated carbocycles. The number of hydrogen-bond donors (Lipinski definition) is 0. The third-order valence-corrected chi connectivity index (χ3v) is 13.6.